The number of amides is 1. The molecule has 0 spiro atoms. The van der Waals surface area contributed by atoms with Crippen LogP contribution in [0.5, 0.6) is 0 Å². The van der Waals surface area contributed by atoms with Crippen LogP contribution in [0.4, 0.5) is 17.2 Å². The third-order valence-corrected chi connectivity index (χ3v) is 7.29. The van der Waals surface area contributed by atoms with E-state index in [1.54, 1.807) is 30.3 Å². The summed E-state index contributed by atoms with van der Waals surface area (Å²) in [5.41, 5.74) is 1.72. The van der Waals surface area contributed by atoms with Gasteiger partial charge in [0.05, 0.1) is 22.2 Å². The van der Waals surface area contributed by atoms with Gasteiger partial charge in [-0.3, -0.25) is 9.52 Å². The molecule has 1 aromatic heterocycles. The molecule has 9 nitrogen and oxygen atoms in total. The molecule has 2 aromatic carbocycles. The van der Waals surface area contributed by atoms with Crippen LogP contribution in [-0.2, 0) is 14.8 Å². The topological polar surface area (TPSA) is 98.7 Å². The molecule has 0 bridgehead atoms. The Morgan fingerprint density at radius 1 is 1.06 bits per heavy atom. The van der Waals surface area contributed by atoms with Gasteiger partial charge >= 0.3 is 0 Å². The van der Waals surface area contributed by atoms with Crippen molar-refractivity contribution >= 4 is 44.7 Å². The number of piperazine rings is 1. The van der Waals surface area contributed by atoms with Gasteiger partial charge in [-0.2, -0.15) is 0 Å². The van der Waals surface area contributed by atoms with Crippen LogP contribution in [0.25, 0.3) is 0 Å². The Morgan fingerprint density at radius 3 is 2.41 bits per heavy atom. The number of carbonyl (C=O) groups is 1. The van der Waals surface area contributed by atoms with Gasteiger partial charge in [0.2, 0.25) is 5.91 Å². The first-order valence-corrected chi connectivity index (χ1v) is 12.6. The fourth-order valence-corrected chi connectivity index (χ4v) is 5.04. The minimum atomic E-state index is -3.74. The first kappa shape index (κ1) is 23.8. The van der Waals surface area contributed by atoms with Crippen molar-refractivity contribution in [3.05, 3.63) is 72.1 Å². The fourth-order valence-electron chi connectivity index (χ4n) is 3.75. The van der Waals surface area contributed by atoms with E-state index >= 15 is 0 Å². The minimum Gasteiger partial charge on any atom is -0.368 e. The van der Waals surface area contributed by atoms with Gasteiger partial charge in [-0.15, -0.1) is 0 Å². The number of halogens is 1. The zero-order valence-electron chi connectivity index (χ0n) is 18.6. The molecule has 34 heavy (non-hydrogen) atoms. The van der Waals surface area contributed by atoms with Crippen LogP contribution >= 0.6 is 11.6 Å². The van der Waals surface area contributed by atoms with Crippen LogP contribution in [0.15, 0.2) is 72.0 Å². The number of carbonyl (C=O) groups excluding carboxylic acids is 1. The zero-order chi connectivity index (χ0) is 24.1. The highest BCUT2D eigenvalue weighted by atomic mass is 35.5. The monoisotopic (exact) mass is 500 g/mol. The first-order valence-electron chi connectivity index (χ1n) is 10.7. The highest BCUT2D eigenvalue weighted by Crippen LogP contribution is 2.24. The van der Waals surface area contributed by atoms with E-state index in [0.29, 0.717) is 31.2 Å². The van der Waals surface area contributed by atoms with Gasteiger partial charge < -0.3 is 14.7 Å². The molecule has 0 aliphatic carbocycles. The van der Waals surface area contributed by atoms with Crippen molar-refractivity contribution in [3.8, 4) is 0 Å². The average Bonchev–Trinajstić information content (AvgIpc) is 2.85. The van der Waals surface area contributed by atoms with E-state index in [1.165, 1.54) is 18.6 Å². The maximum Gasteiger partial charge on any atom is 0.263 e. The summed E-state index contributed by atoms with van der Waals surface area (Å²) in [4.78, 5) is 26.4. The highest BCUT2D eigenvalue weighted by Gasteiger charge is 2.23. The SMILES string of the molecule is CN(CC(=O)N1CCN(c2ccc(S(=O)(=O)Nc3ccncn3)cc2)CC1)c1ccccc1Cl. The standard InChI is InChI=1S/C23H25ClN6O3S/c1-28(21-5-3-2-4-20(21)24)16-23(31)30-14-12-29(13-15-30)18-6-8-19(9-7-18)34(32,33)27-22-10-11-25-17-26-22/h2-11,17H,12-16H2,1H3,(H,25,26,27). The van der Waals surface area contributed by atoms with Crippen LogP contribution in [-0.4, -0.2) is 69.0 Å². The summed E-state index contributed by atoms with van der Waals surface area (Å²) in [5.74, 6) is 0.249. The second kappa shape index (κ2) is 10.3. The number of likely N-dealkylation sites (N-methyl/N-ethyl adjacent to an activating group) is 1. The number of nitrogens with one attached hydrogen (secondary N) is 1. The van der Waals surface area contributed by atoms with Crippen molar-refractivity contribution in [1.29, 1.82) is 0 Å². The molecule has 1 amide bonds. The second-order valence-electron chi connectivity index (χ2n) is 7.87. The molecule has 1 aliphatic heterocycles. The maximum absolute atomic E-state index is 12.8. The molecule has 4 rings (SSSR count). The summed E-state index contributed by atoms with van der Waals surface area (Å²) < 4.78 is 27.6. The highest BCUT2D eigenvalue weighted by molar-refractivity contribution is 7.92. The number of benzene rings is 2. The number of hydrogen-bond donors (Lipinski definition) is 1. The lowest BCUT2D eigenvalue weighted by Gasteiger charge is -2.37. The van der Waals surface area contributed by atoms with Crippen molar-refractivity contribution in [1.82, 2.24) is 14.9 Å². The van der Waals surface area contributed by atoms with Gasteiger partial charge in [-0.25, -0.2) is 18.4 Å². The van der Waals surface area contributed by atoms with Gasteiger partial charge in [-0.1, -0.05) is 23.7 Å². The van der Waals surface area contributed by atoms with Crippen molar-refractivity contribution in [2.75, 3.05) is 54.3 Å². The van der Waals surface area contributed by atoms with Crippen LogP contribution in [0, 0.1) is 0 Å². The van der Waals surface area contributed by atoms with E-state index < -0.39 is 10.0 Å². The van der Waals surface area contributed by atoms with E-state index in [0.717, 1.165) is 11.4 Å². The third kappa shape index (κ3) is 5.57. The maximum atomic E-state index is 12.8. The average molecular weight is 501 g/mol. The number of para-hydroxylation sites is 1. The Kier molecular flexibility index (Phi) is 7.18. The van der Waals surface area contributed by atoms with Crippen LogP contribution in [0.1, 0.15) is 0 Å². The quantitative estimate of drug-likeness (QED) is 0.532. The fraction of sp³-hybridized carbons (Fsp3) is 0.261. The number of sulfonamides is 1. The molecule has 3 aromatic rings. The van der Waals surface area contributed by atoms with Crippen molar-refractivity contribution in [3.63, 3.8) is 0 Å². The van der Waals surface area contributed by atoms with Crippen molar-refractivity contribution in [2.24, 2.45) is 0 Å². The molecule has 1 N–H and O–H groups in total. The molecule has 1 aliphatic rings. The summed E-state index contributed by atoms with van der Waals surface area (Å²) in [6, 6.07) is 15.6. The molecule has 2 heterocycles. The lowest BCUT2D eigenvalue weighted by atomic mass is 10.2. The number of rotatable bonds is 7. The Balaban J connectivity index is 1.32. The largest absolute Gasteiger partial charge is 0.368 e. The smallest absolute Gasteiger partial charge is 0.263 e. The Morgan fingerprint density at radius 2 is 1.76 bits per heavy atom. The summed E-state index contributed by atoms with van der Waals surface area (Å²) in [7, 11) is -1.89. The molecule has 1 fully saturated rings. The van der Waals surface area contributed by atoms with Gasteiger partial charge in [0.25, 0.3) is 10.0 Å². The molecule has 11 heteroatoms. The molecular formula is C23H25ClN6O3S. The zero-order valence-corrected chi connectivity index (χ0v) is 20.2. The van der Waals surface area contributed by atoms with Crippen molar-refractivity contribution < 1.29 is 13.2 Å². The second-order valence-corrected chi connectivity index (χ2v) is 9.96. The Hall–Kier alpha value is -3.37. The predicted octanol–water partition coefficient (Wildman–Crippen LogP) is 2.72. The van der Waals surface area contributed by atoms with E-state index in [1.807, 2.05) is 35.0 Å². The van der Waals surface area contributed by atoms with E-state index in [-0.39, 0.29) is 23.2 Å². The van der Waals surface area contributed by atoms with Crippen LogP contribution in [0.2, 0.25) is 5.02 Å². The lowest BCUT2D eigenvalue weighted by molar-refractivity contribution is -0.129. The van der Waals surface area contributed by atoms with Crippen molar-refractivity contribution in [2.45, 2.75) is 4.90 Å². The molecule has 0 atom stereocenters. The number of hydrogen-bond acceptors (Lipinski definition) is 7. The summed E-state index contributed by atoms with van der Waals surface area (Å²) in [5, 5.41) is 0.611. The van der Waals surface area contributed by atoms with E-state index in [4.69, 9.17) is 11.6 Å². The van der Waals surface area contributed by atoms with Crippen LogP contribution < -0.4 is 14.5 Å². The number of anilines is 3. The van der Waals surface area contributed by atoms with Gasteiger partial charge in [-0.05, 0) is 42.5 Å². The Labute approximate surface area is 204 Å². The molecule has 178 valence electrons. The van der Waals surface area contributed by atoms with Gasteiger partial charge in [0.15, 0.2) is 0 Å². The number of nitrogens with zero attached hydrogens (tertiary/aromatic N) is 5. The molecule has 0 saturated carbocycles. The predicted molar refractivity (Wildman–Crippen MR) is 133 cm³/mol. The van der Waals surface area contributed by atoms with Gasteiger partial charge in [0.1, 0.15) is 12.1 Å². The molecule has 0 radical (unpaired) electrons. The summed E-state index contributed by atoms with van der Waals surface area (Å²) in [6.45, 7) is 2.74. The summed E-state index contributed by atoms with van der Waals surface area (Å²) in [6.07, 6.45) is 2.74. The third-order valence-electron chi connectivity index (χ3n) is 5.60. The number of aromatic nitrogens is 2. The van der Waals surface area contributed by atoms with Gasteiger partial charge in [0, 0.05) is 45.1 Å². The van der Waals surface area contributed by atoms with E-state index in [9.17, 15) is 13.2 Å². The summed E-state index contributed by atoms with van der Waals surface area (Å²) >= 11 is 6.23. The molecule has 1 saturated heterocycles. The first-order chi connectivity index (χ1) is 16.3. The lowest BCUT2D eigenvalue weighted by Crippen LogP contribution is -2.51. The molecule has 0 unspecified atom stereocenters. The van der Waals surface area contributed by atoms with Crippen LogP contribution in [0.3, 0.4) is 0 Å². The van der Waals surface area contributed by atoms with E-state index in [2.05, 4.69) is 19.6 Å². The minimum absolute atomic E-state index is 0.0410. The normalized spacial score (nSPS) is 14.1. The molecular weight excluding hydrogens is 476 g/mol. The Bertz CT molecular complexity index is 1230.